The lowest BCUT2D eigenvalue weighted by Gasteiger charge is -2.07. The summed E-state index contributed by atoms with van der Waals surface area (Å²) in [5.74, 6) is 0. The van der Waals surface area contributed by atoms with Crippen LogP contribution in [-0.4, -0.2) is 5.54 Å². The van der Waals surface area contributed by atoms with E-state index in [9.17, 15) is 0 Å². The Morgan fingerprint density at radius 3 is 1.62 bits per heavy atom. The first-order valence-electron chi connectivity index (χ1n) is 7.56. The summed E-state index contributed by atoms with van der Waals surface area (Å²) in [5.41, 5.74) is 6.35. The number of unbranched alkanes of at least 4 members (excludes halogenated alkanes) is 9. The highest BCUT2D eigenvalue weighted by atomic mass is 14.8. The molecule has 0 aromatic heterocycles. The van der Waals surface area contributed by atoms with Crippen LogP contribution in [0.15, 0.2) is 0 Å². The minimum absolute atomic E-state index is 0.292. The van der Waals surface area contributed by atoms with Crippen molar-refractivity contribution < 1.29 is 0 Å². The van der Waals surface area contributed by atoms with Gasteiger partial charge in [0.15, 0.2) is 0 Å². The quantitative estimate of drug-likeness (QED) is 0.503. The number of hydrogen-bond donors (Lipinski definition) is 1. The van der Waals surface area contributed by atoms with Gasteiger partial charge >= 0.3 is 0 Å². The van der Waals surface area contributed by atoms with Crippen molar-refractivity contribution in [1.29, 1.82) is 0 Å². The molecule has 0 unspecified atom stereocenters. The Hall–Kier alpha value is -0.0400. The molecule has 0 aliphatic heterocycles. The van der Waals surface area contributed by atoms with Gasteiger partial charge < -0.3 is 5.73 Å². The fraction of sp³-hybridized carbons (Fsp3) is 1.00. The van der Waals surface area contributed by atoms with Gasteiger partial charge in [-0.2, -0.15) is 0 Å². The third-order valence-electron chi connectivity index (χ3n) is 3.92. The van der Waals surface area contributed by atoms with Crippen LogP contribution in [0.5, 0.6) is 0 Å². The molecule has 16 heavy (non-hydrogen) atoms. The Kier molecular flexibility index (Phi) is 7.11. The van der Waals surface area contributed by atoms with Crippen molar-refractivity contribution in [2.75, 3.05) is 0 Å². The fourth-order valence-corrected chi connectivity index (χ4v) is 2.38. The van der Waals surface area contributed by atoms with E-state index in [1.165, 1.54) is 83.5 Å². The lowest BCUT2D eigenvalue weighted by atomic mass is 10.0. The van der Waals surface area contributed by atoms with Crippen LogP contribution in [0, 0.1) is 0 Å². The summed E-state index contributed by atoms with van der Waals surface area (Å²) in [4.78, 5) is 0. The van der Waals surface area contributed by atoms with E-state index in [1.54, 1.807) is 0 Å². The summed E-state index contributed by atoms with van der Waals surface area (Å²) in [5, 5.41) is 0. The van der Waals surface area contributed by atoms with E-state index in [-0.39, 0.29) is 0 Å². The third-order valence-corrected chi connectivity index (χ3v) is 3.92. The zero-order valence-electron chi connectivity index (χ0n) is 11.3. The normalized spacial score (nSPS) is 17.6. The molecule has 1 aliphatic carbocycles. The molecule has 0 radical (unpaired) electrons. The predicted molar refractivity (Wildman–Crippen MR) is 72.6 cm³/mol. The number of nitrogens with two attached hydrogens (primary N) is 1. The molecule has 0 bridgehead atoms. The van der Waals surface area contributed by atoms with Crippen LogP contribution >= 0.6 is 0 Å². The molecule has 2 N–H and O–H groups in total. The molecule has 1 saturated carbocycles. The first-order chi connectivity index (χ1) is 7.77. The topological polar surface area (TPSA) is 26.0 Å². The Morgan fingerprint density at radius 2 is 1.19 bits per heavy atom. The van der Waals surface area contributed by atoms with Gasteiger partial charge in [0.25, 0.3) is 0 Å². The van der Waals surface area contributed by atoms with Gasteiger partial charge in [0.2, 0.25) is 0 Å². The number of rotatable bonds is 11. The lowest BCUT2D eigenvalue weighted by molar-refractivity contribution is 0.516. The molecule has 0 amide bonds. The van der Waals surface area contributed by atoms with Gasteiger partial charge in [-0.3, -0.25) is 0 Å². The summed E-state index contributed by atoms with van der Waals surface area (Å²) < 4.78 is 0. The van der Waals surface area contributed by atoms with Crippen molar-refractivity contribution in [3.05, 3.63) is 0 Å². The van der Waals surface area contributed by atoms with Gasteiger partial charge in [0.05, 0.1) is 0 Å². The maximum absolute atomic E-state index is 6.06. The van der Waals surface area contributed by atoms with Crippen molar-refractivity contribution in [3.8, 4) is 0 Å². The SMILES string of the molecule is CCCCCCCCCCCCC1(N)CC1. The molecule has 1 fully saturated rings. The van der Waals surface area contributed by atoms with E-state index in [0.29, 0.717) is 5.54 Å². The summed E-state index contributed by atoms with van der Waals surface area (Å²) in [6.45, 7) is 2.28. The third kappa shape index (κ3) is 7.27. The second-order valence-electron chi connectivity index (χ2n) is 5.79. The molecular weight excluding hydrogens is 194 g/mol. The second-order valence-corrected chi connectivity index (χ2v) is 5.79. The van der Waals surface area contributed by atoms with Crippen molar-refractivity contribution in [2.24, 2.45) is 5.73 Å². The highest BCUT2D eigenvalue weighted by Crippen LogP contribution is 2.37. The van der Waals surface area contributed by atoms with E-state index in [4.69, 9.17) is 5.73 Å². The van der Waals surface area contributed by atoms with E-state index in [1.807, 2.05) is 0 Å². The van der Waals surface area contributed by atoms with Crippen molar-refractivity contribution >= 4 is 0 Å². The van der Waals surface area contributed by atoms with Crippen LogP contribution in [0.4, 0.5) is 0 Å². The molecule has 1 heteroatoms. The van der Waals surface area contributed by atoms with E-state index >= 15 is 0 Å². The monoisotopic (exact) mass is 225 g/mol. The van der Waals surface area contributed by atoms with Gasteiger partial charge in [-0.15, -0.1) is 0 Å². The van der Waals surface area contributed by atoms with Crippen molar-refractivity contribution in [1.82, 2.24) is 0 Å². The van der Waals surface area contributed by atoms with Gasteiger partial charge in [0.1, 0.15) is 0 Å². The van der Waals surface area contributed by atoms with Gasteiger partial charge in [-0.1, -0.05) is 71.1 Å². The summed E-state index contributed by atoms with van der Waals surface area (Å²) in [6, 6.07) is 0. The second kappa shape index (κ2) is 8.11. The zero-order valence-corrected chi connectivity index (χ0v) is 11.3. The van der Waals surface area contributed by atoms with Crippen LogP contribution in [0.2, 0.25) is 0 Å². The van der Waals surface area contributed by atoms with Crippen molar-refractivity contribution in [2.45, 2.75) is 95.9 Å². The Labute approximate surface area is 102 Å². The molecule has 0 saturated heterocycles. The van der Waals surface area contributed by atoms with Crippen LogP contribution in [0.1, 0.15) is 90.4 Å². The Bertz CT molecular complexity index is 161. The van der Waals surface area contributed by atoms with Crippen LogP contribution in [0.3, 0.4) is 0 Å². The van der Waals surface area contributed by atoms with Crippen LogP contribution in [-0.2, 0) is 0 Å². The van der Waals surface area contributed by atoms with E-state index in [2.05, 4.69) is 6.92 Å². The molecular formula is C15H31N. The standard InChI is InChI=1S/C15H31N/c1-2-3-4-5-6-7-8-9-10-11-12-15(16)13-14-15/h2-14,16H2,1H3. The average Bonchev–Trinajstić information content (AvgIpc) is 3.00. The average molecular weight is 225 g/mol. The largest absolute Gasteiger partial charge is 0.325 e. The van der Waals surface area contributed by atoms with Crippen molar-refractivity contribution in [3.63, 3.8) is 0 Å². The molecule has 0 aromatic carbocycles. The zero-order chi connectivity index (χ0) is 11.7. The summed E-state index contributed by atoms with van der Waals surface area (Å²) in [7, 11) is 0. The first kappa shape index (κ1) is 14.0. The molecule has 0 aromatic rings. The lowest BCUT2D eigenvalue weighted by Crippen LogP contribution is -2.20. The van der Waals surface area contributed by atoms with E-state index in [0.717, 1.165) is 0 Å². The molecule has 0 spiro atoms. The maximum atomic E-state index is 6.06. The molecule has 0 atom stereocenters. The molecule has 1 aliphatic rings. The fourth-order valence-electron chi connectivity index (χ4n) is 2.38. The van der Waals surface area contributed by atoms with Crippen LogP contribution in [0.25, 0.3) is 0 Å². The maximum Gasteiger partial charge on any atom is 0.0155 e. The first-order valence-corrected chi connectivity index (χ1v) is 7.56. The smallest absolute Gasteiger partial charge is 0.0155 e. The van der Waals surface area contributed by atoms with Gasteiger partial charge in [-0.25, -0.2) is 0 Å². The van der Waals surface area contributed by atoms with Crippen LogP contribution < -0.4 is 5.73 Å². The number of hydrogen-bond acceptors (Lipinski definition) is 1. The highest BCUT2D eigenvalue weighted by Gasteiger charge is 2.36. The van der Waals surface area contributed by atoms with Gasteiger partial charge in [0, 0.05) is 5.54 Å². The molecule has 1 nitrogen and oxygen atoms in total. The Balaban J connectivity index is 1.68. The van der Waals surface area contributed by atoms with E-state index < -0.39 is 0 Å². The minimum Gasteiger partial charge on any atom is -0.325 e. The summed E-state index contributed by atoms with van der Waals surface area (Å²) >= 11 is 0. The molecule has 0 heterocycles. The van der Waals surface area contributed by atoms with Gasteiger partial charge in [-0.05, 0) is 19.3 Å². The predicted octanol–water partition coefficient (Wildman–Crippen LogP) is 4.79. The summed E-state index contributed by atoms with van der Waals surface area (Å²) in [6.07, 6.45) is 18.1. The molecule has 96 valence electrons. The Morgan fingerprint density at radius 1 is 0.750 bits per heavy atom. The molecule has 1 rings (SSSR count). The highest BCUT2D eigenvalue weighted by molar-refractivity contribution is 4.97. The minimum atomic E-state index is 0.292.